The van der Waals surface area contributed by atoms with Gasteiger partial charge in [-0.25, -0.2) is 9.78 Å². The molecule has 120 valence electrons. The van der Waals surface area contributed by atoms with Crippen molar-refractivity contribution in [2.75, 3.05) is 6.61 Å². The lowest BCUT2D eigenvalue weighted by Crippen LogP contribution is -2.13. The molecule has 0 atom stereocenters. The van der Waals surface area contributed by atoms with Gasteiger partial charge < -0.3 is 9.72 Å². The highest BCUT2D eigenvalue weighted by Crippen LogP contribution is 2.38. The Labute approximate surface area is 132 Å². The summed E-state index contributed by atoms with van der Waals surface area (Å²) in [6, 6.07) is 6.94. The van der Waals surface area contributed by atoms with Crippen molar-refractivity contribution < 1.29 is 22.7 Å². The number of ether oxygens (including phenoxy) is 1. The number of rotatable bonds is 3. The van der Waals surface area contributed by atoms with Crippen LogP contribution >= 0.6 is 11.3 Å². The number of carbonyl (C=O) groups is 1. The number of benzene rings is 1. The first kappa shape index (κ1) is 15.5. The monoisotopic (exact) mass is 340 g/mol. The number of aromatic amines is 1. The number of hydrogen-bond acceptors (Lipinski definition) is 4. The zero-order chi connectivity index (χ0) is 16.6. The highest BCUT2D eigenvalue weighted by atomic mass is 32.1. The molecule has 1 N–H and O–H groups in total. The van der Waals surface area contributed by atoms with Crippen LogP contribution in [0.4, 0.5) is 13.2 Å². The molecule has 0 fully saturated rings. The summed E-state index contributed by atoms with van der Waals surface area (Å²) in [5.41, 5.74) is 0.181. The van der Waals surface area contributed by atoms with Crippen LogP contribution in [0.15, 0.2) is 30.5 Å². The number of thiazole rings is 1. The van der Waals surface area contributed by atoms with Crippen LogP contribution in [-0.2, 0) is 10.9 Å². The lowest BCUT2D eigenvalue weighted by Gasteiger charge is -2.05. The number of carbonyl (C=O) groups excluding carboxylic acids is 1. The van der Waals surface area contributed by atoms with Gasteiger partial charge in [0.05, 0.1) is 6.61 Å². The molecule has 0 amide bonds. The van der Waals surface area contributed by atoms with E-state index in [4.69, 9.17) is 4.74 Å². The lowest BCUT2D eigenvalue weighted by atomic mass is 10.2. The summed E-state index contributed by atoms with van der Waals surface area (Å²) >= 11 is 0.683. The quantitative estimate of drug-likeness (QED) is 0.715. The first-order valence-electron chi connectivity index (χ1n) is 6.73. The Morgan fingerprint density at radius 3 is 2.83 bits per heavy atom. The predicted octanol–water partition coefficient (Wildman–Crippen LogP) is 4.49. The molecule has 0 aliphatic carbocycles. The Balaban J connectivity index is 2.10. The van der Waals surface area contributed by atoms with Gasteiger partial charge in [0.25, 0.3) is 0 Å². The number of esters is 1. The third kappa shape index (κ3) is 2.94. The maximum Gasteiger partial charge on any atom is 0.435 e. The van der Waals surface area contributed by atoms with Gasteiger partial charge in [-0.15, -0.1) is 11.3 Å². The average molecular weight is 340 g/mol. The number of fused-ring (bicyclic) bond motifs is 1. The molecule has 3 rings (SSSR count). The molecule has 3 aromatic rings. The fraction of sp³-hybridized carbons (Fsp3) is 0.200. The van der Waals surface area contributed by atoms with Gasteiger partial charge in [0.2, 0.25) is 0 Å². The summed E-state index contributed by atoms with van der Waals surface area (Å²) < 4.78 is 44.0. The zero-order valence-corrected chi connectivity index (χ0v) is 12.7. The molecule has 0 aliphatic heterocycles. The number of aromatic nitrogens is 2. The second-order valence-electron chi connectivity index (χ2n) is 4.69. The number of H-pyrrole nitrogens is 1. The molecule has 0 saturated heterocycles. The van der Waals surface area contributed by atoms with Gasteiger partial charge in [0.15, 0.2) is 5.69 Å². The molecule has 4 nitrogen and oxygen atoms in total. The van der Waals surface area contributed by atoms with Gasteiger partial charge >= 0.3 is 12.1 Å². The summed E-state index contributed by atoms with van der Waals surface area (Å²) in [4.78, 5) is 17.9. The van der Waals surface area contributed by atoms with E-state index < -0.39 is 22.7 Å². The van der Waals surface area contributed by atoms with Gasteiger partial charge in [0.1, 0.15) is 9.88 Å². The van der Waals surface area contributed by atoms with Gasteiger partial charge in [-0.3, -0.25) is 0 Å². The van der Waals surface area contributed by atoms with Gasteiger partial charge in [-0.05, 0) is 31.2 Å². The molecule has 0 radical (unpaired) electrons. The van der Waals surface area contributed by atoms with Crippen LogP contribution in [0.25, 0.3) is 21.5 Å². The first-order chi connectivity index (χ1) is 10.9. The fourth-order valence-corrected chi connectivity index (χ4v) is 3.13. The first-order valence-corrected chi connectivity index (χ1v) is 7.54. The summed E-state index contributed by atoms with van der Waals surface area (Å²) in [5, 5.41) is 0.979. The predicted molar refractivity (Wildman–Crippen MR) is 80.4 cm³/mol. The van der Waals surface area contributed by atoms with Crippen molar-refractivity contribution in [2.45, 2.75) is 13.1 Å². The second kappa shape index (κ2) is 5.69. The van der Waals surface area contributed by atoms with Crippen LogP contribution in [-0.4, -0.2) is 22.5 Å². The Kier molecular flexibility index (Phi) is 3.85. The topological polar surface area (TPSA) is 55.0 Å². The number of hydrogen-bond donors (Lipinski definition) is 1. The molecule has 0 bridgehead atoms. The van der Waals surface area contributed by atoms with E-state index in [9.17, 15) is 18.0 Å². The number of halogens is 3. The smallest absolute Gasteiger partial charge is 0.435 e. The fourth-order valence-electron chi connectivity index (χ4n) is 2.16. The third-order valence-electron chi connectivity index (χ3n) is 3.16. The number of nitrogens with zero attached hydrogens (tertiary/aromatic N) is 1. The molecule has 23 heavy (non-hydrogen) atoms. The Bertz CT molecular complexity index is 867. The maximum absolute atomic E-state index is 13.1. The third-order valence-corrected chi connectivity index (χ3v) is 4.24. The van der Waals surface area contributed by atoms with E-state index in [-0.39, 0.29) is 11.6 Å². The minimum atomic E-state index is -4.71. The van der Waals surface area contributed by atoms with Crippen LogP contribution in [0.2, 0.25) is 0 Å². The van der Waals surface area contributed by atoms with Crippen molar-refractivity contribution in [3.8, 4) is 10.6 Å². The Hall–Kier alpha value is -2.35. The molecule has 0 aliphatic rings. The lowest BCUT2D eigenvalue weighted by molar-refractivity contribution is -0.141. The molecular formula is C15H11F3N2O2S. The SMILES string of the molecule is CCOC(=O)c1sc(-c2ccc3[nH]ccc3c2)nc1C(F)(F)F. The molecular weight excluding hydrogens is 329 g/mol. The van der Waals surface area contributed by atoms with E-state index in [0.29, 0.717) is 16.9 Å². The van der Waals surface area contributed by atoms with Crippen molar-refractivity contribution in [1.29, 1.82) is 0 Å². The minimum Gasteiger partial charge on any atom is -0.462 e. The molecule has 8 heteroatoms. The molecule has 0 unspecified atom stereocenters. The van der Waals surface area contributed by atoms with Crippen molar-refractivity contribution in [3.63, 3.8) is 0 Å². The van der Waals surface area contributed by atoms with Crippen molar-refractivity contribution >= 4 is 28.2 Å². The van der Waals surface area contributed by atoms with E-state index in [1.165, 1.54) is 6.92 Å². The number of alkyl halides is 3. The standard InChI is InChI=1S/C15H11F3N2O2S/c1-2-22-14(21)11-12(15(16,17)18)20-13(23-11)9-3-4-10-8(7-9)5-6-19-10/h3-7,19H,2H2,1H3. The summed E-state index contributed by atoms with van der Waals surface area (Å²) in [7, 11) is 0. The van der Waals surface area contributed by atoms with Crippen LogP contribution in [0.5, 0.6) is 0 Å². The van der Waals surface area contributed by atoms with E-state index in [1.54, 1.807) is 24.4 Å². The maximum atomic E-state index is 13.1. The molecule has 2 heterocycles. The summed E-state index contributed by atoms with van der Waals surface area (Å²) in [6.45, 7) is 1.53. The van der Waals surface area contributed by atoms with Crippen LogP contribution < -0.4 is 0 Å². The highest BCUT2D eigenvalue weighted by molar-refractivity contribution is 7.17. The summed E-state index contributed by atoms with van der Waals surface area (Å²) in [5.74, 6) is -1.01. The number of nitrogens with one attached hydrogen (secondary N) is 1. The normalized spacial score (nSPS) is 11.8. The van der Waals surface area contributed by atoms with E-state index >= 15 is 0 Å². The van der Waals surface area contributed by atoms with Crippen molar-refractivity contribution in [2.24, 2.45) is 0 Å². The van der Waals surface area contributed by atoms with Gasteiger partial charge in [-0.1, -0.05) is 0 Å². The zero-order valence-electron chi connectivity index (χ0n) is 11.9. The van der Waals surface area contributed by atoms with Crippen LogP contribution in [0.1, 0.15) is 22.3 Å². The van der Waals surface area contributed by atoms with Crippen LogP contribution in [0.3, 0.4) is 0 Å². The highest BCUT2D eigenvalue weighted by Gasteiger charge is 2.40. The Morgan fingerprint density at radius 1 is 1.35 bits per heavy atom. The van der Waals surface area contributed by atoms with Crippen molar-refractivity contribution in [1.82, 2.24) is 9.97 Å². The van der Waals surface area contributed by atoms with Crippen LogP contribution in [0, 0.1) is 0 Å². The minimum absolute atomic E-state index is 0.00132. The Morgan fingerprint density at radius 2 is 2.13 bits per heavy atom. The van der Waals surface area contributed by atoms with E-state index in [0.717, 1.165) is 10.9 Å². The van der Waals surface area contributed by atoms with E-state index in [1.807, 2.05) is 6.07 Å². The molecule has 0 spiro atoms. The second-order valence-corrected chi connectivity index (χ2v) is 5.69. The summed E-state index contributed by atoms with van der Waals surface area (Å²) in [6.07, 6.45) is -2.98. The van der Waals surface area contributed by atoms with E-state index in [2.05, 4.69) is 9.97 Å². The average Bonchev–Trinajstić information content (AvgIpc) is 3.13. The van der Waals surface area contributed by atoms with Gasteiger partial charge in [-0.2, -0.15) is 13.2 Å². The van der Waals surface area contributed by atoms with Crippen molar-refractivity contribution in [3.05, 3.63) is 41.0 Å². The molecule has 0 saturated carbocycles. The molecule has 2 aromatic heterocycles. The molecule has 1 aromatic carbocycles. The largest absolute Gasteiger partial charge is 0.462 e. The van der Waals surface area contributed by atoms with Gasteiger partial charge in [0, 0.05) is 22.7 Å².